The Morgan fingerprint density at radius 2 is 2.00 bits per heavy atom. The quantitative estimate of drug-likeness (QED) is 0.268. The van der Waals surface area contributed by atoms with Gasteiger partial charge in [-0.3, -0.25) is 9.88 Å². The number of aromatic amines is 1. The van der Waals surface area contributed by atoms with Crippen LogP contribution >= 0.6 is 0 Å². The summed E-state index contributed by atoms with van der Waals surface area (Å²) >= 11 is 0. The molecule has 0 aliphatic rings. The van der Waals surface area contributed by atoms with E-state index in [4.69, 9.17) is 4.42 Å². The van der Waals surface area contributed by atoms with Crippen molar-refractivity contribution >= 4 is 34.2 Å². The molecule has 0 fully saturated rings. The second-order valence-electron chi connectivity index (χ2n) is 8.07. The van der Waals surface area contributed by atoms with Crippen LogP contribution < -0.4 is 21.3 Å². The van der Waals surface area contributed by atoms with E-state index in [0.717, 1.165) is 18.9 Å². The van der Waals surface area contributed by atoms with Crippen molar-refractivity contribution in [2.75, 3.05) is 17.3 Å². The molecule has 2 aromatic heterocycles. The van der Waals surface area contributed by atoms with Gasteiger partial charge in [0.15, 0.2) is 5.58 Å². The van der Waals surface area contributed by atoms with Crippen LogP contribution in [0.2, 0.25) is 0 Å². The molecule has 35 heavy (non-hydrogen) atoms. The largest absolute Gasteiger partial charge is 0.417 e. The summed E-state index contributed by atoms with van der Waals surface area (Å²) in [5.41, 5.74) is 2.51. The van der Waals surface area contributed by atoms with E-state index in [1.54, 1.807) is 32.2 Å². The number of oxazole rings is 1. The molecule has 0 aliphatic carbocycles. The molecule has 0 spiro atoms. The molecule has 4 aromatic rings. The fourth-order valence-corrected chi connectivity index (χ4v) is 3.86. The molecule has 4 rings (SSSR count). The van der Waals surface area contributed by atoms with Crippen LogP contribution in [-0.2, 0) is 0 Å². The summed E-state index contributed by atoms with van der Waals surface area (Å²) in [4.78, 5) is 22.9. The maximum atomic E-state index is 14.5. The number of aromatic nitrogens is 3. The fraction of sp³-hybridized carbons (Fsp3) is 0.292. The van der Waals surface area contributed by atoms with E-state index in [0.29, 0.717) is 32.8 Å². The smallest absolute Gasteiger partial charge is 0.408 e. The minimum Gasteiger partial charge on any atom is -0.408 e. The zero-order valence-corrected chi connectivity index (χ0v) is 19.4. The monoisotopic (exact) mass is 486 g/mol. The van der Waals surface area contributed by atoms with Gasteiger partial charge in [0.1, 0.15) is 11.6 Å². The normalized spacial score (nSPS) is 12.3. The van der Waals surface area contributed by atoms with Crippen LogP contribution in [0.4, 0.5) is 36.3 Å². The lowest BCUT2D eigenvalue weighted by molar-refractivity contribution is 0.154. The van der Waals surface area contributed by atoms with Gasteiger partial charge in [-0.1, -0.05) is 13.3 Å². The number of fused-ring (bicyclic) bond motifs is 1. The van der Waals surface area contributed by atoms with Crippen molar-refractivity contribution in [2.24, 2.45) is 0 Å². The maximum Gasteiger partial charge on any atom is 0.417 e. The standard InChI is InChI=1S/C24H25F3N6O2/c1-4-5-18(28-3)14-8-15(25)10-17(9-14)33(22(26)27)23-29-12-13(2)21(32-23)30-16-6-7-20-19(11-16)31-24(34)35-20/h6-12,18,22,28H,4-5H2,1-3H3,(H,31,34)(H,29,30,32). The number of hydrogen-bond donors (Lipinski definition) is 3. The Balaban J connectivity index is 1.71. The Morgan fingerprint density at radius 3 is 2.71 bits per heavy atom. The van der Waals surface area contributed by atoms with Gasteiger partial charge in [0, 0.05) is 23.5 Å². The van der Waals surface area contributed by atoms with E-state index >= 15 is 0 Å². The molecule has 11 heteroatoms. The van der Waals surface area contributed by atoms with Crippen LogP contribution in [0.1, 0.15) is 36.9 Å². The number of halogens is 3. The summed E-state index contributed by atoms with van der Waals surface area (Å²) in [6.45, 7) is 0.693. The number of nitrogens with one attached hydrogen (secondary N) is 3. The molecule has 8 nitrogen and oxygen atoms in total. The van der Waals surface area contributed by atoms with Gasteiger partial charge < -0.3 is 15.1 Å². The summed E-state index contributed by atoms with van der Waals surface area (Å²) in [6.07, 6.45) is 2.96. The number of nitrogens with zero attached hydrogens (tertiary/aromatic N) is 3. The van der Waals surface area contributed by atoms with E-state index in [9.17, 15) is 18.0 Å². The SMILES string of the molecule is CCCC(NC)c1cc(F)cc(N(c2ncc(C)c(Nc3ccc4oc(=O)[nH]c4c3)n2)C(F)F)c1. The zero-order valence-electron chi connectivity index (χ0n) is 19.4. The number of rotatable bonds is 9. The van der Waals surface area contributed by atoms with Crippen molar-refractivity contribution < 1.29 is 17.6 Å². The first-order chi connectivity index (χ1) is 16.8. The molecular weight excluding hydrogens is 461 g/mol. The van der Waals surface area contributed by atoms with Gasteiger partial charge in [-0.25, -0.2) is 14.2 Å². The van der Waals surface area contributed by atoms with E-state index in [2.05, 4.69) is 25.6 Å². The van der Waals surface area contributed by atoms with Crippen molar-refractivity contribution in [3.05, 3.63) is 70.1 Å². The lowest BCUT2D eigenvalue weighted by Crippen LogP contribution is -2.26. The number of alkyl halides is 2. The Labute approximate surface area is 199 Å². The molecule has 0 aliphatic heterocycles. The van der Waals surface area contributed by atoms with E-state index in [-0.39, 0.29) is 23.5 Å². The highest BCUT2D eigenvalue weighted by Crippen LogP contribution is 2.32. The molecule has 1 atom stereocenters. The number of hydrogen-bond acceptors (Lipinski definition) is 7. The second kappa shape index (κ2) is 10.2. The summed E-state index contributed by atoms with van der Waals surface area (Å²) in [7, 11) is 1.74. The highest BCUT2D eigenvalue weighted by Gasteiger charge is 2.25. The predicted octanol–water partition coefficient (Wildman–Crippen LogP) is 5.52. The molecule has 2 aromatic carbocycles. The third-order valence-corrected chi connectivity index (χ3v) is 5.56. The molecule has 0 saturated carbocycles. The molecule has 0 saturated heterocycles. The fourth-order valence-electron chi connectivity index (χ4n) is 3.86. The molecule has 0 radical (unpaired) electrons. The van der Waals surface area contributed by atoms with Gasteiger partial charge in [0.25, 0.3) is 0 Å². The molecule has 3 N–H and O–H groups in total. The van der Waals surface area contributed by atoms with Gasteiger partial charge in [-0.15, -0.1) is 0 Å². The van der Waals surface area contributed by atoms with E-state index in [1.165, 1.54) is 18.3 Å². The van der Waals surface area contributed by atoms with Gasteiger partial charge in [-0.2, -0.15) is 13.8 Å². The van der Waals surface area contributed by atoms with E-state index < -0.39 is 18.1 Å². The second-order valence-corrected chi connectivity index (χ2v) is 8.07. The summed E-state index contributed by atoms with van der Waals surface area (Å²) in [5, 5.41) is 6.15. The lowest BCUT2D eigenvalue weighted by atomic mass is 10.0. The van der Waals surface area contributed by atoms with Crippen LogP contribution in [0.5, 0.6) is 0 Å². The molecule has 1 unspecified atom stereocenters. The molecule has 184 valence electrons. The first-order valence-corrected chi connectivity index (χ1v) is 11.1. The average molecular weight is 486 g/mol. The Kier molecular flexibility index (Phi) is 7.06. The van der Waals surface area contributed by atoms with Gasteiger partial charge in [0.05, 0.1) is 11.2 Å². The third kappa shape index (κ3) is 5.29. The Morgan fingerprint density at radius 1 is 1.20 bits per heavy atom. The van der Waals surface area contributed by atoms with Gasteiger partial charge in [-0.05, 0) is 62.4 Å². The first kappa shape index (κ1) is 24.3. The van der Waals surface area contributed by atoms with Crippen LogP contribution in [0, 0.1) is 12.7 Å². The van der Waals surface area contributed by atoms with Crippen LogP contribution in [0.25, 0.3) is 11.1 Å². The van der Waals surface area contributed by atoms with E-state index in [1.807, 2.05) is 6.92 Å². The van der Waals surface area contributed by atoms with Crippen molar-refractivity contribution in [3.8, 4) is 0 Å². The minimum atomic E-state index is -3.02. The molecule has 0 amide bonds. The van der Waals surface area contributed by atoms with Crippen LogP contribution in [0.15, 0.2) is 51.8 Å². The summed E-state index contributed by atoms with van der Waals surface area (Å²) in [6, 6.07) is 8.60. The molecular formula is C24H25F3N6O2. The van der Waals surface area contributed by atoms with Crippen molar-refractivity contribution in [3.63, 3.8) is 0 Å². The number of H-pyrrole nitrogens is 1. The first-order valence-electron chi connectivity index (χ1n) is 11.1. The Bertz CT molecular complexity index is 1390. The van der Waals surface area contributed by atoms with Gasteiger partial charge >= 0.3 is 12.3 Å². The van der Waals surface area contributed by atoms with Gasteiger partial charge in [0.2, 0.25) is 5.95 Å². The topological polar surface area (TPSA) is 99.1 Å². The number of anilines is 4. The van der Waals surface area contributed by atoms with Crippen molar-refractivity contribution in [1.82, 2.24) is 20.3 Å². The number of aryl methyl sites for hydroxylation is 1. The highest BCUT2D eigenvalue weighted by molar-refractivity contribution is 5.78. The Hall–Kier alpha value is -3.86. The highest BCUT2D eigenvalue weighted by atomic mass is 19.3. The predicted molar refractivity (Wildman–Crippen MR) is 128 cm³/mol. The third-order valence-electron chi connectivity index (χ3n) is 5.56. The minimum absolute atomic E-state index is 0.0569. The maximum absolute atomic E-state index is 14.5. The summed E-state index contributed by atoms with van der Waals surface area (Å²) in [5.74, 6) is -1.23. The zero-order chi connectivity index (χ0) is 25.1. The van der Waals surface area contributed by atoms with Crippen molar-refractivity contribution in [1.29, 1.82) is 0 Å². The average Bonchev–Trinajstić information content (AvgIpc) is 3.18. The van der Waals surface area contributed by atoms with Crippen LogP contribution in [0.3, 0.4) is 0 Å². The van der Waals surface area contributed by atoms with Crippen molar-refractivity contribution in [2.45, 2.75) is 39.3 Å². The summed E-state index contributed by atoms with van der Waals surface area (Å²) < 4.78 is 48.0. The number of benzene rings is 2. The van der Waals surface area contributed by atoms with Crippen LogP contribution in [-0.4, -0.2) is 28.5 Å². The molecule has 0 bridgehead atoms. The lowest BCUT2D eigenvalue weighted by Gasteiger charge is -2.24. The molecule has 2 heterocycles.